The smallest absolute Gasteiger partial charge is 0.260 e. The number of sulfonamides is 1. The summed E-state index contributed by atoms with van der Waals surface area (Å²) in [5.74, 6) is -0.0497. The molecule has 0 aliphatic carbocycles. The highest BCUT2D eigenvalue weighted by atomic mass is 79.9. The molecule has 0 atom stereocenters. The Kier molecular flexibility index (Phi) is 7.54. The molecule has 146 valence electrons. The number of hydrogen-bond donors (Lipinski definition) is 1. The summed E-state index contributed by atoms with van der Waals surface area (Å²) in [6.45, 7) is -0.461. The second kappa shape index (κ2) is 9.87. The van der Waals surface area contributed by atoms with E-state index in [-0.39, 0.29) is 6.61 Å². The Labute approximate surface area is 171 Å². The van der Waals surface area contributed by atoms with E-state index >= 15 is 0 Å². The fourth-order valence-electron chi connectivity index (χ4n) is 2.15. The van der Waals surface area contributed by atoms with Gasteiger partial charge in [0.15, 0.2) is 6.61 Å². The zero-order chi connectivity index (χ0) is 20.6. The molecular formula is C18H17BrN4O4S. The Hall–Kier alpha value is -2.90. The molecule has 8 nitrogen and oxygen atoms in total. The zero-order valence-corrected chi connectivity index (χ0v) is 17.3. The van der Waals surface area contributed by atoms with Crippen LogP contribution in [-0.2, 0) is 14.8 Å². The number of rotatable bonds is 8. The molecule has 28 heavy (non-hydrogen) atoms. The van der Waals surface area contributed by atoms with Gasteiger partial charge in [-0.15, -0.1) is 0 Å². The molecule has 2 aromatic carbocycles. The van der Waals surface area contributed by atoms with Crippen molar-refractivity contribution < 1.29 is 17.9 Å². The first-order chi connectivity index (χ1) is 13.3. The lowest BCUT2D eigenvalue weighted by atomic mass is 10.2. The monoisotopic (exact) mass is 464 g/mol. The third-order valence-corrected chi connectivity index (χ3v) is 5.19. The summed E-state index contributed by atoms with van der Waals surface area (Å²) in [4.78, 5) is 12.2. The van der Waals surface area contributed by atoms with Crippen molar-refractivity contribution in [3.05, 3.63) is 58.6 Å². The highest BCUT2D eigenvalue weighted by Crippen LogP contribution is 2.27. The fraction of sp³-hybridized carbons (Fsp3) is 0.167. The van der Waals surface area contributed by atoms with Gasteiger partial charge in [-0.1, -0.05) is 12.1 Å². The third-order valence-electron chi connectivity index (χ3n) is 3.40. The number of amides is 1. The predicted molar refractivity (Wildman–Crippen MR) is 110 cm³/mol. The first-order valence-electron chi connectivity index (χ1n) is 7.95. The van der Waals surface area contributed by atoms with Gasteiger partial charge in [0.1, 0.15) is 18.4 Å². The Morgan fingerprint density at radius 2 is 1.96 bits per heavy atom. The summed E-state index contributed by atoms with van der Waals surface area (Å²) in [6, 6.07) is 15.3. The minimum Gasteiger partial charge on any atom is -0.479 e. The van der Waals surface area contributed by atoms with Crippen molar-refractivity contribution in [1.29, 1.82) is 5.26 Å². The van der Waals surface area contributed by atoms with Crippen LogP contribution in [0.15, 0.2) is 58.1 Å². The van der Waals surface area contributed by atoms with E-state index in [2.05, 4.69) is 26.5 Å². The minimum atomic E-state index is -3.67. The molecule has 0 radical (unpaired) electrons. The van der Waals surface area contributed by atoms with Gasteiger partial charge in [-0.05, 0) is 57.9 Å². The summed E-state index contributed by atoms with van der Waals surface area (Å²) >= 11 is 3.29. The van der Waals surface area contributed by atoms with Crippen LogP contribution in [0.25, 0.3) is 0 Å². The number of ether oxygens (including phenoxy) is 1. The van der Waals surface area contributed by atoms with Gasteiger partial charge < -0.3 is 4.74 Å². The average molecular weight is 465 g/mol. The van der Waals surface area contributed by atoms with Crippen LogP contribution in [0.1, 0.15) is 5.56 Å². The Morgan fingerprint density at radius 1 is 1.29 bits per heavy atom. The maximum Gasteiger partial charge on any atom is 0.260 e. The number of nitrogens with one attached hydrogen (secondary N) is 1. The van der Waals surface area contributed by atoms with Crippen LogP contribution in [0.4, 0.5) is 5.69 Å². The number of carbonyl (C=O) groups is 1. The molecule has 0 spiro atoms. The first kappa shape index (κ1) is 21.4. The molecule has 10 heteroatoms. The van der Waals surface area contributed by atoms with Crippen molar-refractivity contribution in [3.8, 4) is 11.8 Å². The van der Waals surface area contributed by atoms with Crippen molar-refractivity contribution >= 4 is 43.8 Å². The van der Waals surface area contributed by atoms with Crippen molar-refractivity contribution in [2.45, 2.75) is 0 Å². The summed E-state index contributed by atoms with van der Waals surface area (Å²) in [5.41, 5.74) is 3.36. The normalized spacial score (nSPS) is 11.0. The van der Waals surface area contributed by atoms with Crippen molar-refractivity contribution in [2.24, 2.45) is 5.10 Å². The topological polar surface area (TPSA) is 112 Å². The van der Waals surface area contributed by atoms with Gasteiger partial charge in [-0.25, -0.2) is 13.8 Å². The first-order valence-corrected chi connectivity index (χ1v) is 10.6. The SMILES string of the molecule is CS(=O)(=O)N(CC(=O)N/N=C\c1ccc(OCC#N)cc1)c1ccccc1Br. The largest absolute Gasteiger partial charge is 0.479 e. The number of carbonyl (C=O) groups excluding carboxylic acids is 1. The molecule has 0 aliphatic rings. The molecule has 0 fully saturated rings. The van der Waals surface area contributed by atoms with Gasteiger partial charge in [0.2, 0.25) is 10.0 Å². The lowest BCUT2D eigenvalue weighted by molar-refractivity contribution is -0.119. The second-order valence-electron chi connectivity index (χ2n) is 5.53. The summed E-state index contributed by atoms with van der Waals surface area (Å²) < 4.78 is 30.8. The van der Waals surface area contributed by atoms with Crippen LogP contribution in [-0.4, -0.2) is 39.9 Å². The van der Waals surface area contributed by atoms with E-state index in [9.17, 15) is 13.2 Å². The van der Waals surface area contributed by atoms with Gasteiger partial charge in [-0.2, -0.15) is 10.4 Å². The van der Waals surface area contributed by atoms with Crippen molar-refractivity contribution in [1.82, 2.24) is 5.43 Å². The van der Waals surface area contributed by atoms with E-state index in [0.29, 0.717) is 21.5 Å². The van der Waals surface area contributed by atoms with Gasteiger partial charge in [0, 0.05) is 4.47 Å². The maximum absolute atomic E-state index is 12.2. The molecular weight excluding hydrogens is 448 g/mol. The standard InChI is InChI=1S/C18H17BrN4O4S/c1-28(25,26)23(17-5-3-2-4-16(17)19)13-18(24)22-21-12-14-6-8-15(9-7-14)27-11-10-20/h2-9,12H,11,13H2,1H3,(H,22,24)/b21-12-. The van der Waals surface area contributed by atoms with Crippen molar-refractivity contribution in [3.63, 3.8) is 0 Å². The van der Waals surface area contributed by atoms with Gasteiger partial charge in [-0.3, -0.25) is 9.10 Å². The fourth-order valence-corrected chi connectivity index (χ4v) is 3.63. The van der Waals surface area contributed by atoms with Gasteiger partial charge in [0.25, 0.3) is 5.91 Å². The molecule has 0 saturated heterocycles. The Balaban J connectivity index is 2.01. The molecule has 2 rings (SSSR count). The van der Waals surface area contributed by atoms with E-state index in [4.69, 9.17) is 10.00 Å². The molecule has 0 aliphatic heterocycles. The summed E-state index contributed by atoms with van der Waals surface area (Å²) in [6.07, 6.45) is 2.44. The molecule has 2 aromatic rings. The minimum absolute atomic E-state index is 0.0438. The van der Waals surface area contributed by atoms with Crippen LogP contribution < -0.4 is 14.5 Å². The number of halogens is 1. The van der Waals surface area contributed by atoms with E-state index in [1.165, 1.54) is 6.21 Å². The summed E-state index contributed by atoms with van der Waals surface area (Å²) in [7, 11) is -3.67. The maximum atomic E-state index is 12.2. The highest BCUT2D eigenvalue weighted by Gasteiger charge is 2.22. The molecule has 0 saturated carbocycles. The molecule has 0 aromatic heterocycles. The number of nitrogens with zero attached hydrogens (tertiary/aromatic N) is 3. The third kappa shape index (κ3) is 6.37. The zero-order valence-electron chi connectivity index (χ0n) is 14.9. The van der Waals surface area contributed by atoms with Crippen LogP contribution in [0.3, 0.4) is 0 Å². The molecule has 0 heterocycles. The van der Waals surface area contributed by atoms with Crippen LogP contribution in [0, 0.1) is 11.3 Å². The van der Waals surface area contributed by atoms with Crippen LogP contribution in [0.5, 0.6) is 5.75 Å². The van der Waals surface area contributed by atoms with Crippen LogP contribution in [0.2, 0.25) is 0 Å². The number of para-hydroxylation sites is 1. The number of hydrazone groups is 1. The number of anilines is 1. The van der Waals surface area contributed by atoms with E-state index < -0.39 is 22.5 Å². The van der Waals surface area contributed by atoms with Gasteiger partial charge >= 0.3 is 0 Å². The molecule has 1 N–H and O–H groups in total. The van der Waals surface area contributed by atoms with E-state index in [0.717, 1.165) is 10.6 Å². The van der Waals surface area contributed by atoms with Crippen molar-refractivity contribution in [2.75, 3.05) is 23.7 Å². The lowest BCUT2D eigenvalue weighted by Gasteiger charge is -2.22. The highest BCUT2D eigenvalue weighted by molar-refractivity contribution is 9.10. The average Bonchev–Trinajstić information content (AvgIpc) is 2.65. The number of hydrogen-bond acceptors (Lipinski definition) is 6. The quantitative estimate of drug-likeness (QED) is 0.475. The predicted octanol–water partition coefficient (Wildman–Crippen LogP) is 2.27. The van der Waals surface area contributed by atoms with Crippen LogP contribution >= 0.6 is 15.9 Å². The Bertz CT molecular complexity index is 1000. The Morgan fingerprint density at radius 3 is 2.57 bits per heavy atom. The van der Waals surface area contributed by atoms with E-state index in [1.54, 1.807) is 48.5 Å². The summed E-state index contributed by atoms with van der Waals surface area (Å²) in [5, 5.41) is 12.3. The number of nitriles is 1. The molecule has 0 unspecified atom stereocenters. The number of benzene rings is 2. The lowest BCUT2D eigenvalue weighted by Crippen LogP contribution is -2.39. The molecule has 0 bridgehead atoms. The van der Waals surface area contributed by atoms with Gasteiger partial charge in [0.05, 0.1) is 18.2 Å². The van der Waals surface area contributed by atoms with E-state index in [1.807, 2.05) is 6.07 Å². The second-order valence-corrected chi connectivity index (χ2v) is 8.29. The molecule has 1 amide bonds.